The summed E-state index contributed by atoms with van der Waals surface area (Å²) in [5.74, 6) is 0.912. The van der Waals surface area contributed by atoms with Crippen molar-refractivity contribution in [3.8, 4) is 0 Å². The van der Waals surface area contributed by atoms with Crippen LogP contribution in [0.2, 0.25) is 5.02 Å². The summed E-state index contributed by atoms with van der Waals surface area (Å²) in [4.78, 5) is 4.54. The Morgan fingerprint density at radius 2 is 2.13 bits per heavy atom. The van der Waals surface area contributed by atoms with Gasteiger partial charge in [0.25, 0.3) is 0 Å². The molecule has 2 nitrogen and oxygen atoms in total. The quantitative estimate of drug-likeness (QED) is 0.836. The van der Waals surface area contributed by atoms with Crippen LogP contribution in [-0.2, 0) is 0 Å². The lowest BCUT2D eigenvalue weighted by Crippen LogP contribution is -1.99. The zero-order valence-electron chi connectivity index (χ0n) is 8.84. The molecule has 0 unspecified atom stereocenters. The SMILES string of the molecule is CCNc1ccc2cc(Cl)cc(C)c2n1. The van der Waals surface area contributed by atoms with Crippen molar-refractivity contribution in [3.05, 3.63) is 34.9 Å². The summed E-state index contributed by atoms with van der Waals surface area (Å²) in [5, 5.41) is 5.04. The van der Waals surface area contributed by atoms with Crippen LogP contribution in [0.4, 0.5) is 5.82 Å². The molecule has 0 spiro atoms. The highest BCUT2D eigenvalue weighted by molar-refractivity contribution is 6.31. The van der Waals surface area contributed by atoms with Crippen molar-refractivity contribution in [1.29, 1.82) is 0 Å². The normalized spacial score (nSPS) is 10.6. The van der Waals surface area contributed by atoms with Crippen molar-refractivity contribution in [2.75, 3.05) is 11.9 Å². The maximum atomic E-state index is 5.98. The van der Waals surface area contributed by atoms with Gasteiger partial charge in [-0.3, -0.25) is 0 Å². The third-order valence-corrected chi connectivity index (χ3v) is 2.52. The molecule has 0 aliphatic heterocycles. The molecule has 0 atom stereocenters. The van der Waals surface area contributed by atoms with Crippen LogP contribution in [0.3, 0.4) is 0 Å². The van der Waals surface area contributed by atoms with Crippen molar-refractivity contribution >= 4 is 28.3 Å². The van der Waals surface area contributed by atoms with E-state index in [1.807, 2.05) is 31.2 Å². The van der Waals surface area contributed by atoms with E-state index in [4.69, 9.17) is 11.6 Å². The second-order valence-electron chi connectivity index (χ2n) is 3.52. The van der Waals surface area contributed by atoms with Gasteiger partial charge in [-0.1, -0.05) is 11.6 Å². The van der Waals surface area contributed by atoms with E-state index in [2.05, 4.69) is 17.2 Å². The van der Waals surface area contributed by atoms with Gasteiger partial charge < -0.3 is 5.32 Å². The third kappa shape index (κ3) is 2.05. The van der Waals surface area contributed by atoms with E-state index in [1.54, 1.807) is 0 Å². The molecule has 0 aliphatic rings. The first-order valence-corrected chi connectivity index (χ1v) is 5.39. The molecule has 78 valence electrons. The van der Waals surface area contributed by atoms with Crippen molar-refractivity contribution in [2.45, 2.75) is 13.8 Å². The Labute approximate surface area is 94.3 Å². The van der Waals surface area contributed by atoms with Crippen molar-refractivity contribution < 1.29 is 0 Å². The first-order valence-electron chi connectivity index (χ1n) is 5.01. The Morgan fingerprint density at radius 3 is 2.87 bits per heavy atom. The molecular weight excluding hydrogens is 208 g/mol. The van der Waals surface area contributed by atoms with Gasteiger partial charge >= 0.3 is 0 Å². The molecule has 0 saturated carbocycles. The fourth-order valence-electron chi connectivity index (χ4n) is 1.65. The number of fused-ring (bicyclic) bond motifs is 1. The fourth-order valence-corrected chi connectivity index (χ4v) is 1.93. The van der Waals surface area contributed by atoms with Gasteiger partial charge in [0.15, 0.2) is 0 Å². The summed E-state index contributed by atoms with van der Waals surface area (Å²) in [6, 6.07) is 7.89. The van der Waals surface area contributed by atoms with E-state index < -0.39 is 0 Å². The molecule has 0 radical (unpaired) electrons. The zero-order chi connectivity index (χ0) is 10.8. The molecule has 1 aromatic heterocycles. The molecule has 15 heavy (non-hydrogen) atoms. The number of hydrogen-bond donors (Lipinski definition) is 1. The minimum absolute atomic E-state index is 0.762. The maximum absolute atomic E-state index is 5.98. The second-order valence-corrected chi connectivity index (χ2v) is 3.96. The molecule has 2 aromatic rings. The maximum Gasteiger partial charge on any atom is 0.126 e. The Bertz CT molecular complexity index is 494. The summed E-state index contributed by atoms with van der Waals surface area (Å²) in [6.07, 6.45) is 0. The smallest absolute Gasteiger partial charge is 0.126 e. The van der Waals surface area contributed by atoms with E-state index >= 15 is 0 Å². The number of nitrogens with zero attached hydrogens (tertiary/aromatic N) is 1. The lowest BCUT2D eigenvalue weighted by molar-refractivity contribution is 1.17. The van der Waals surface area contributed by atoms with E-state index in [-0.39, 0.29) is 0 Å². The van der Waals surface area contributed by atoms with Crippen LogP contribution >= 0.6 is 11.6 Å². The number of halogens is 1. The van der Waals surface area contributed by atoms with E-state index in [1.165, 1.54) is 0 Å². The van der Waals surface area contributed by atoms with Gasteiger partial charge in [-0.2, -0.15) is 0 Å². The summed E-state index contributed by atoms with van der Waals surface area (Å²) in [7, 11) is 0. The Balaban J connectivity index is 2.60. The van der Waals surface area contributed by atoms with Crippen molar-refractivity contribution in [2.24, 2.45) is 0 Å². The van der Waals surface area contributed by atoms with Crippen LogP contribution in [0.5, 0.6) is 0 Å². The van der Waals surface area contributed by atoms with Gasteiger partial charge in [0.2, 0.25) is 0 Å². The fraction of sp³-hybridized carbons (Fsp3) is 0.250. The first-order chi connectivity index (χ1) is 7.20. The minimum atomic E-state index is 0.762. The largest absolute Gasteiger partial charge is 0.370 e. The molecule has 2 rings (SSSR count). The summed E-state index contributed by atoms with van der Waals surface area (Å²) >= 11 is 5.98. The molecule has 0 amide bonds. The summed E-state index contributed by atoms with van der Waals surface area (Å²) in [6.45, 7) is 4.96. The number of aromatic nitrogens is 1. The van der Waals surface area contributed by atoms with E-state index in [0.717, 1.165) is 33.9 Å². The van der Waals surface area contributed by atoms with Gasteiger partial charge in [-0.05, 0) is 43.7 Å². The van der Waals surface area contributed by atoms with Gasteiger partial charge in [0.05, 0.1) is 5.52 Å². The van der Waals surface area contributed by atoms with Gasteiger partial charge in [-0.25, -0.2) is 4.98 Å². The van der Waals surface area contributed by atoms with E-state index in [0.29, 0.717) is 0 Å². The number of anilines is 1. The predicted molar refractivity (Wildman–Crippen MR) is 65.7 cm³/mol. The number of pyridine rings is 1. The molecule has 0 fully saturated rings. The van der Waals surface area contributed by atoms with Crippen molar-refractivity contribution in [1.82, 2.24) is 4.98 Å². The Morgan fingerprint density at radius 1 is 1.33 bits per heavy atom. The Kier molecular flexibility index (Phi) is 2.78. The number of rotatable bonds is 2. The molecule has 0 bridgehead atoms. The highest BCUT2D eigenvalue weighted by Crippen LogP contribution is 2.23. The van der Waals surface area contributed by atoms with Crippen LogP contribution in [0.25, 0.3) is 10.9 Å². The number of hydrogen-bond acceptors (Lipinski definition) is 2. The lowest BCUT2D eigenvalue weighted by atomic mass is 10.1. The Hall–Kier alpha value is -1.28. The standard InChI is InChI=1S/C12H13ClN2/c1-3-14-11-5-4-9-7-10(13)6-8(2)12(9)15-11/h4-7H,3H2,1-2H3,(H,14,15). The number of nitrogens with one attached hydrogen (secondary N) is 1. The van der Waals surface area contributed by atoms with Gasteiger partial charge in [0.1, 0.15) is 5.82 Å². The number of benzene rings is 1. The van der Waals surface area contributed by atoms with Crippen LogP contribution in [0, 0.1) is 6.92 Å². The highest BCUT2D eigenvalue weighted by atomic mass is 35.5. The lowest BCUT2D eigenvalue weighted by Gasteiger charge is -2.06. The van der Waals surface area contributed by atoms with E-state index in [9.17, 15) is 0 Å². The predicted octanol–water partition coefficient (Wildman–Crippen LogP) is 3.63. The average Bonchev–Trinajstić information content (AvgIpc) is 2.19. The highest BCUT2D eigenvalue weighted by Gasteiger charge is 2.02. The molecule has 0 saturated heterocycles. The zero-order valence-corrected chi connectivity index (χ0v) is 9.60. The van der Waals surface area contributed by atoms with Crippen LogP contribution < -0.4 is 5.32 Å². The van der Waals surface area contributed by atoms with Crippen molar-refractivity contribution in [3.63, 3.8) is 0 Å². The van der Waals surface area contributed by atoms with Crippen LogP contribution in [-0.4, -0.2) is 11.5 Å². The molecule has 1 aromatic carbocycles. The monoisotopic (exact) mass is 220 g/mol. The molecule has 3 heteroatoms. The summed E-state index contributed by atoms with van der Waals surface area (Å²) in [5.41, 5.74) is 2.12. The second kappa shape index (κ2) is 4.07. The number of aryl methyl sites for hydroxylation is 1. The molecule has 1 N–H and O–H groups in total. The average molecular weight is 221 g/mol. The van der Waals surface area contributed by atoms with Crippen LogP contribution in [0.1, 0.15) is 12.5 Å². The van der Waals surface area contributed by atoms with Gasteiger partial charge in [-0.15, -0.1) is 0 Å². The first kappa shape index (κ1) is 10.2. The molecule has 1 heterocycles. The van der Waals surface area contributed by atoms with Gasteiger partial charge in [0, 0.05) is 17.0 Å². The summed E-state index contributed by atoms with van der Waals surface area (Å²) < 4.78 is 0. The minimum Gasteiger partial charge on any atom is -0.370 e. The molecule has 0 aliphatic carbocycles. The van der Waals surface area contributed by atoms with Crippen LogP contribution in [0.15, 0.2) is 24.3 Å². The third-order valence-electron chi connectivity index (χ3n) is 2.31. The molecular formula is C12H13ClN2. The topological polar surface area (TPSA) is 24.9 Å².